The van der Waals surface area contributed by atoms with Gasteiger partial charge in [0.15, 0.2) is 5.76 Å². The molecule has 0 radical (unpaired) electrons. The van der Waals surface area contributed by atoms with Crippen LogP contribution in [0.15, 0.2) is 57.4 Å². The number of amides is 2. The fourth-order valence-electron chi connectivity index (χ4n) is 3.48. The Morgan fingerprint density at radius 2 is 1.83 bits per heavy atom. The van der Waals surface area contributed by atoms with Crippen molar-refractivity contribution in [3.8, 4) is 0 Å². The number of carbonyl (C=O) groups excluding carboxylic acids is 2. The van der Waals surface area contributed by atoms with E-state index < -0.39 is 0 Å². The number of halogens is 1. The fourth-order valence-corrected chi connectivity index (χ4v) is 3.72. The summed E-state index contributed by atoms with van der Waals surface area (Å²) in [6.07, 6.45) is 0. The number of rotatable bonds is 4. The van der Waals surface area contributed by atoms with Gasteiger partial charge in [-0.2, -0.15) is 0 Å². The third-order valence-electron chi connectivity index (χ3n) is 5.10. The number of hydrogen-bond acceptors (Lipinski definition) is 4. The number of piperazine rings is 1. The van der Waals surface area contributed by atoms with Crippen molar-refractivity contribution in [2.75, 3.05) is 38.0 Å². The lowest BCUT2D eigenvalue weighted by Crippen LogP contribution is -2.50. The number of anilines is 1. The van der Waals surface area contributed by atoms with Gasteiger partial charge in [0.2, 0.25) is 5.91 Å². The molecule has 7 heteroatoms. The Kier molecular flexibility index (Phi) is 5.69. The molecule has 1 saturated heterocycles. The van der Waals surface area contributed by atoms with E-state index in [1.54, 1.807) is 11.0 Å². The van der Waals surface area contributed by atoms with Crippen molar-refractivity contribution in [1.82, 2.24) is 9.80 Å². The van der Waals surface area contributed by atoms with Crippen LogP contribution in [0.4, 0.5) is 5.69 Å². The van der Waals surface area contributed by atoms with Crippen LogP contribution in [0.3, 0.4) is 0 Å². The molecule has 1 aliphatic heterocycles. The van der Waals surface area contributed by atoms with E-state index in [1.807, 2.05) is 49.4 Å². The third-order valence-corrected chi connectivity index (χ3v) is 5.99. The van der Waals surface area contributed by atoms with E-state index in [0.717, 1.165) is 21.1 Å². The van der Waals surface area contributed by atoms with E-state index in [2.05, 4.69) is 26.1 Å². The zero-order valence-electron chi connectivity index (χ0n) is 16.2. The molecule has 29 heavy (non-hydrogen) atoms. The smallest absolute Gasteiger partial charge is 0.289 e. The minimum atomic E-state index is -0.101. The molecule has 0 aliphatic carbocycles. The normalized spacial score (nSPS) is 14.9. The van der Waals surface area contributed by atoms with Gasteiger partial charge >= 0.3 is 0 Å². The van der Waals surface area contributed by atoms with Gasteiger partial charge < -0.3 is 14.6 Å². The number of para-hydroxylation sites is 1. The first kappa shape index (κ1) is 19.7. The molecule has 1 aliphatic rings. The van der Waals surface area contributed by atoms with Crippen molar-refractivity contribution in [3.05, 3.63) is 64.3 Å². The predicted molar refractivity (Wildman–Crippen MR) is 116 cm³/mol. The number of hydrogen-bond donors (Lipinski definition) is 1. The van der Waals surface area contributed by atoms with Crippen molar-refractivity contribution in [3.63, 3.8) is 0 Å². The van der Waals surface area contributed by atoms with E-state index in [4.69, 9.17) is 4.42 Å². The maximum absolute atomic E-state index is 12.7. The van der Waals surface area contributed by atoms with Gasteiger partial charge in [0.1, 0.15) is 5.58 Å². The standard InChI is InChI=1S/C22H22BrN3O3/c1-15-12-17(6-7-18(15)23)24-21(27)14-25-8-10-26(11-9-25)22(28)20-13-16-4-2-3-5-19(16)29-20/h2-7,12-13H,8-11,14H2,1H3,(H,24,27). The summed E-state index contributed by atoms with van der Waals surface area (Å²) in [7, 11) is 0. The molecular formula is C22H22BrN3O3. The van der Waals surface area contributed by atoms with Crippen LogP contribution in [-0.2, 0) is 4.79 Å². The van der Waals surface area contributed by atoms with Gasteiger partial charge in [0, 0.05) is 41.7 Å². The van der Waals surface area contributed by atoms with E-state index in [1.165, 1.54) is 0 Å². The van der Waals surface area contributed by atoms with E-state index >= 15 is 0 Å². The van der Waals surface area contributed by atoms with Crippen LogP contribution in [0.5, 0.6) is 0 Å². The molecule has 0 saturated carbocycles. The van der Waals surface area contributed by atoms with Crippen molar-refractivity contribution < 1.29 is 14.0 Å². The number of nitrogens with zero attached hydrogens (tertiary/aromatic N) is 2. The number of furan rings is 1. The van der Waals surface area contributed by atoms with Gasteiger partial charge in [-0.25, -0.2) is 0 Å². The molecule has 4 rings (SSSR count). The van der Waals surface area contributed by atoms with Crippen LogP contribution >= 0.6 is 15.9 Å². The summed E-state index contributed by atoms with van der Waals surface area (Å²) >= 11 is 3.46. The molecule has 1 fully saturated rings. The number of fused-ring (bicyclic) bond motifs is 1. The lowest BCUT2D eigenvalue weighted by atomic mass is 10.2. The highest BCUT2D eigenvalue weighted by Gasteiger charge is 2.25. The molecule has 1 N–H and O–H groups in total. The minimum absolute atomic E-state index is 0.0521. The topological polar surface area (TPSA) is 65.8 Å². The van der Waals surface area contributed by atoms with E-state index in [9.17, 15) is 9.59 Å². The van der Waals surface area contributed by atoms with Crippen molar-refractivity contribution in [2.45, 2.75) is 6.92 Å². The first-order valence-corrected chi connectivity index (χ1v) is 10.3. The highest BCUT2D eigenvalue weighted by molar-refractivity contribution is 9.10. The van der Waals surface area contributed by atoms with Crippen LogP contribution in [0.2, 0.25) is 0 Å². The second-order valence-electron chi connectivity index (χ2n) is 7.23. The second-order valence-corrected chi connectivity index (χ2v) is 8.08. The first-order chi connectivity index (χ1) is 14.0. The van der Waals surface area contributed by atoms with Gasteiger partial charge in [0.05, 0.1) is 6.54 Å². The summed E-state index contributed by atoms with van der Waals surface area (Å²) < 4.78 is 6.70. The number of carbonyl (C=O) groups is 2. The lowest BCUT2D eigenvalue weighted by Gasteiger charge is -2.33. The average Bonchev–Trinajstić information content (AvgIpc) is 3.15. The van der Waals surface area contributed by atoms with E-state index in [0.29, 0.717) is 44.1 Å². The molecular weight excluding hydrogens is 434 g/mol. The second kappa shape index (κ2) is 8.39. The number of nitrogens with one attached hydrogen (secondary N) is 1. The molecule has 1 aromatic heterocycles. The van der Waals surface area contributed by atoms with Gasteiger partial charge in [-0.1, -0.05) is 34.1 Å². The minimum Gasteiger partial charge on any atom is -0.451 e. The number of aryl methyl sites for hydroxylation is 1. The zero-order chi connectivity index (χ0) is 20.4. The Morgan fingerprint density at radius 1 is 1.07 bits per heavy atom. The molecule has 3 aromatic rings. The van der Waals surface area contributed by atoms with Crippen molar-refractivity contribution in [1.29, 1.82) is 0 Å². The van der Waals surface area contributed by atoms with Crippen molar-refractivity contribution >= 4 is 44.4 Å². The van der Waals surface area contributed by atoms with Crippen molar-refractivity contribution in [2.24, 2.45) is 0 Å². The zero-order valence-corrected chi connectivity index (χ0v) is 17.7. The van der Waals surface area contributed by atoms with Crippen LogP contribution in [0, 0.1) is 6.92 Å². The lowest BCUT2D eigenvalue weighted by molar-refractivity contribution is -0.117. The highest BCUT2D eigenvalue weighted by atomic mass is 79.9. The number of benzene rings is 2. The highest BCUT2D eigenvalue weighted by Crippen LogP contribution is 2.21. The quantitative estimate of drug-likeness (QED) is 0.647. The van der Waals surface area contributed by atoms with Gasteiger partial charge in [-0.05, 0) is 42.8 Å². The summed E-state index contributed by atoms with van der Waals surface area (Å²) in [5, 5.41) is 3.86. The van der Waals surface area contributed by atoms with Gasteiger partial charge in [-0.3, -0.25) is 14.5 Å². The molecule has 0 atom stereocenters. The summed E-state index contributed by atoms with van der Waals surface area (Å²) in [6.45, 7) is 4.73. The summed E-state index contributed by atoms with van der Waals surface area (Å²) in [6, 6.07) is 15.1. The summed E-state index contributed by atoms with van der Waals surface area (Å²) in [5.74, 6) is 0.211. The Labute approximate surface area is 177 Å². The molecule has 0 unspecified atom stereocenters. The molecule has 0 spiro atoms. The molecule has 2 heterocycles. The van der Waals surface area contributed by atoms with Crippen LogP contribution in [0.25, 0.3) is 11.0 Å². The predicted octanol–water partition coefficient (Wildman–Crippen LogP) is 3.90. The SMILES string of the molecule is Cc1cc(NC(=O)CN2CCN(C(=O)c3cc4ccccc4o3)CC2)ccc1Br. The fraction of sp³-hybridized carbons (Fsp3) is 0.273. The monoisotopic (exact) mass is 455 g/mol. The average molecular weight is 456 g/mol. The maximum Gasteiger partial charge on any atom is 0.289 e. The molecule has 2 amide bonds. The summed E-state index contributed by atoms with van der Waals surface area (Å²) in [4.78, 5) is 28.9. The Morgan fingerprint density at radius 3 is 2.55 bits per heavy atom. The molecule has 2 aromatic carbocycles. The third kappa shape index (κ3) is 4.52. The Hall–Kier alpha value is -2.64. The Balaban J connectivity index is 1.30. The van der Waals surface area contributed by atoms with Crippen LogP contribution in [-0.4, -0.2) is 54.3 Å². The van der Waals surface area contributed by atoms with Gasteiger partial charge in [0.25, 0.3) is 5.91 Å². The maximum atomic E-state index is 12.7. The van der Waals surface area contributed by atoms with Crippen LogP contribution in [0.1, 0.15) is 16.1 Å². The van der Waals surface area contributed by atoms with Crippen LogP contribution < -0.4 is 5.32 Å². The van der Waals surface area contributed by atoms with E-state index in [-0.39, 0.29) is 11.8 Å². The first-order valence-electron chi connectivity index (χ1n) is 9.56. The molecule has 6 nitrogen and oxygen atoms in total. The van der Waals surface area contributed by atoms with Gasteiger partial charge in [-0.15, -0.1) is 0 Å². The molecule has 150 valence electrons. The summed E-state index contributed by atoms with van der Waals surface area (Å²) in [5.41, 5.74) is 2.57. The Bertz CT molecular complexity index is 1020. The molecule has 0 bridgehead atoms. The largest absolute Gasteiger partial charge is 0.451 e.